The van der Waals surface area contributed by atoms with E-state index in [1.54, 1.807) is 13.0 Å². The molecule has 1 heterocycles. The maximum absolute atomic E-state index is 12.8. The molecular formula is C20H21N3O4S. The van der Waals surface area contributed by atoms with E-state index in [2.05, 4.69) is 10.5 Å². The van der Waals surface area contributed by atoms with E-state index >= 15 is 0 Å². The molecule has 0 atom stereocenters. The fraction of sp³-hybridized carbons (Fsp3) is 0.200. The first kappa shape index (κ1) is 19.8. The number of hydrogen-bond donors (Lipinski definition) is 1. The third-order valence-corrected chi connectivity index (χ3v) is 6.34. The monoisotopic (exact) mass is 399 g/mol. The van der Waals surface area contributed by atoms with Gasteiger partial charge in [-0.15, -0.1) is 0 Å². The van der Waals surface area contributed by atoms with Crippen LogP contribution >= 0.6 is 0 Å². The minimum atomic E-state index is -3.89. The Kier molecular flexibility index (Phi) is 5.62. The molecule has 1 N–H and O–H groups in total. The number of nitrogens with one attached hydrogen (secondary N) is 1. The Morgan fingerprint density at radius 3 is 2.36 bits per heavy atom. The molecule has 2 aromatic carbocycles. The van der Waals surface area contributed by atoms with Gasteiger partial charge in [0.2, 0.25) is 15.9 Å². The van der Waals surface area contributed by atoms with E-state index in [1.165, 1.54) is 14.0 Å². The van der Waals surface area contributed by atoms with Crippen LogP contribution in [0.1, 0.15) is 11.5 Å². The first-order valence-electron chi connectivity index (χ1n) is 8.64. The van der Waals surface area contributed by atoms with E-state index < -0.39 is 15.9 Å². The van der Waals surface area contributed by atoms with Gasteiger partial charge >= 0.3 is 0 Å². The quantitative estimate of drug-likeness (QED) is 0.687. The molecule has 8 heteroatoms. The maximum atomic E-state index is 12.8. The fourth-order valence-corrected chi connectivity index (χ4v) is 4.35. The van der Waals surface area contributed by atoms with Crippen LogP contribution in [0.4, 0.5) is 5.69 Å². The van der Waals surface area contributed by atoms with Gasteiger partial charge in [-0.1, -0.05) is 53.7 Å². The number of anilines is 1. The van der Waals surface area contributed by atoms with Gasteiger partial charge in [-0.2, -0.15) is 4.31 Å². The Hall–Kier alpha value is -2.97. The molecule has 0 fully saturated rings. The summed E-state index contributed by atoms with van der Waals surface area (Å²) in [6, 6.07) is 17.0. The first-order valence-corrected chi connectivity index (χ1v) is 10.1. The van der Waals surface area contributed by atoms with Crippen LogP contribution in [0, 0.1) is 13.8 Å². The standard InChI is InChI=1S/C20H21N3O4S/c1-14-20(15(2)27-22-14)28(25,26)23(3)13-19(24)21-18-12-8-7-11-17(18)16-9-5-4-6-10-16/h4-12H,13H2,1-3H3,(H,21,24). The van der Waals surface area contributed by atoms with Gasteiger partial charge in [0.25, 0.3) is 0 Å². The van der Waals surface area contributed by atoms with Crippen LogP contribution in [0.25, 0.3) is 11.1 Å². The lowest BCUT2D eigenvalue weighted by Crippen LogP contribution is -2.35. The molecule has 0 spiro atoms. The second-order valence-electron chi connectivity index (χ2n) is 6.37. The van der Waals surface area contributed by atoms with Crippen LogP contribution in [0.15, 0.2) is 64.0 Å². The first-order chi connectivity index (χ1) is 13.3. The molecule has 0 aliphatic carbocycles. The number of sulfonamides is 1. The highest BCUT2D eigenvalue weighted by Gasteiger charge is 2.29. The third kappa shape index (κ3) is 3.97. The van der Waals surface area contributed by atoms with Crippen LogP contribution in [0.2, 0.25) is 0 Å². The summed E-state index contributed by atoms with van der Waals surface area (Å²) in [4.78, 5) is 12.5. The zero-order valence-electron chi connectivity index (χ0n) is 15.8. The van der Waals surface area contributed by atoms with E-state index in [1.807, 2.05) is 48.5 Å². The summed E-state index contributed by atoms with van der Waals surface area (Å²) >= 11 is 0. The normalized spacial score (nSPS) is 11.6. The minimum Gasteiger partial charge on any atom is -0.360 e. The molecule has 3 aromatic rings. The zero-order valence-corrected chi connectivity index (χ0v) is 16.7. The zero-order chi connectivity index (χ0) is 20.3. The number of aryl methyl sites for hydroxylation is 2. The number of hydrogen-bond acceptors (Lipinski definition) is 5. The van der Waals surface area contributed by atoms with Gasteiger partial charge in [0.05, 0.1) is 6.54 Å². The molecule has 28 heavy (non-hydrogen) atoms. The average molecular weight is 399 g/mol. The second kappa shape index (κ2) is 7.95. The molecule has 146 valence electrons. The molecule has 1 amide bonds. The summed E-state index contributed by atoms with van der Waals surface area (Å²) in [7, 11) is -2.54. The van der Waals surface area contributed by atoms with Gasteiger partial charge in [0.15, 0.2) is 5.76 Å². The van der Waals surface area contributed by atoms with Crippen LogP contribution in [-0.4, -0.2) is 37.4 Å². The topological polar surface area (TPSA) is 92.5 Å². The van der Waals surface area contributed by atoms with Gasteiger partial charge in [0, 0.05) is 18.3 Å². The van der Waals surface area contributed by atoms with Gasteiger partial charge in [-0.25, -0.2) is 8.42 Å². The highest BCUT2D eigenvalue weighted by molar-refractivity contribution is 7.89. The van der Waals surface area contributed by atoms with Crippen LogP contribution in [0.5, 0.6) is 0 Å². The van der Waals surface area contributed by atoms with Crippen molar-refractivity contribution < 1.29 is 17.7 Å². The molecule has 0 aliphatic rings. The van der Waals surface area contributed by atoms with Crippen molar-refractivity contribution in [3.8, 4) is 11.1 Å². The Balaban J connectivity index is 1.78. The number of carbonyl (C=O) groups is 1. The predicted octanol–water partition coefficient (Wildman–Crippen LogP) is 3.22. The molecule has 0 saturated carbocycles. The number of amides is 1. The Bertz CT molecular complexity index is 1070. The molecular weight excluding hydrogens is 378 g/mol. The van der Waals surface area contributed by atoms with Crippen LogP contribution in [-0.2, 0) is 14.8 Å². The smallest absolute Gasteiger partial charge is 0.248 e. The van der Waals surface area contributed by atoms with E-state index in [0.29, 0.717) is 5.69 Å². The van der Waals surface area contributed by atoms with Crippen molar-refractivity contribution in [2.24, 2.45) is 0 Å². The predicted molar refractivity (Wildman–Crippen MR) is 106 cm³/mol. The number of para-hydroxylation sites is 1. The number of likely N-dealkylation sites (N-methyl/N-ethyl adjacent to an activating group) is 1. The van der Waals surface area contributed by atoms with Crippen molar-refractivity contribution in [2.75, 3.05) is 18.9 Å². The van der Waals surface area contributed by atoms with Crippen molar-refractivity contribution in [2.45, 2.75) is 18.7 Å². The third-order valence-electron chi connectivity index (χ3n) is 4.29. The van der Waals surface area contributed by atoms with E-state index in [4.69, 9.17) is 4.52 Å². The van der Waals surface area contributed by atoms with Crippen LogP contribution < -0.4 is 5.32 Å². The largest absolute Gasteiger partial charge is 0.360 e. The molecule has 3 rings (SSSR count). The lowest BCUT2D eigenvalue weighted by molar-refractivity contribution is -0.116. The number of rotatable bonds is 6. The van der Waals surface area contributed by atoms with Gasteiger partial charge in [-0.3, -0.25) is 4.79 Å². The molecule has 0 saturated heterocycles. The SMILES string of the molecule is Cc1noc(C)c1S(=O)(=O)N(C)CC(=O)Nc1ccccc1-c1ccccc1. The Morgan fingerprint density at radius 1 is 1.07 bits per heavy atom. The molecule has 0 bridgehead atoms. The number of carbonyl (C=O) groups excluding carboxylic acids is 1. The van der Waals surface area contributed by atoms with Crippen molar-refractivity contribution in [1.29, 1.82) is 0 Å². The number of benzene rings is 2. The van der Waals surface area contributed by atoms with Crippen molar-refractivity contribution in [3.63, 3.8) is 0 Å². The maximum Gasteiger partial charge on any atom is 0.248 e. The lowest BCUT2D eigenvalue weighted by Gasteiger charge is -2.17. The fourth-order valence-electron chi connectivity index (χ4n) is 2.94. The van der Waals surface area contributed by atoms with Crippen molar-refractivity contribution in [3.05, 3.63) is 66.1 Å². The summed E-state index contributed by atoms with van der Waals surface area (Å²) in [5.74, 6) is -0.250. The van der Waals surface area contributed by atoms with Crippen molar-refractivity contribution >= 4 is 21.6 Å². The summed E-state index contributed by atoms with van der Waals surface area (Å²) in [6.07, 6.45) is 0. The van der Waals surface area contributed by atoms with E-state index in [0.717, 1.165) is 15.4 Å². The van der Waals surface area contributed by atoms with Crippen LogP contribution in [0.3, 0.4) is 0 Å². The average Bonchev–Trinajstić information content (AvgIpc) is 3.01. The summed E-state index contributed by atoms with van der Waals surface area (Å²) < 4.78 is 31.4. The lowest BCUT2D eigenvalue weighted by atomic mass is 10.0. The molecule has 1 aromatic heterocycles. The number of aromatic nitrogens is 1. The van der Waals surface area contributed by atoms with E-state index in [9.17, 15) is 13.2 Å². The Labute approximate surface area is 164 Å². The summed E-state index contributed by atoms with van der Waals surface area (Å²) in [5, 5.41) is 6.48. The Morgan fingerprint density at radius 2 is 1.71 bits per heavy atom. The van der Waals surface area contributed by atoms with Gasteiger partial charge < -0.3 is 9.84 Å². The highest BCUT2D eigenvalue weighted by Crippen LogP contribution is 2.28. The van der Waals surface area contributed by atoms with Gasteiger partial charge in [0.1, 0.15) is 10.6 Å². The molecule has 0 radical (unpaired) electrons. The summed E-state index contributed by atoms with van der Waals surface area (Å²) in [5.41, 5.74) is 2.68. The number of nitrogens with zero attached hydrogens (tertiary/aromatic N) is 2. The second-order valence-corrected chi connectivity index (χ2v) is 8.36. The molecule has 7 nitrogen and oxygen atoms in total. The summed E-state index contributed by atoms with van der Waals surface area (Å²) in [6.45, 7) is 2.74. The van der Waals surface area contributed by atoms with Crippen molar-refractivity contribution in [1.82, 2.24) is 9.46 Å². The highest BCUT2D eigenvalue weighted by atomic mass is 32.2. The van der Waals surface area contributed by atoms with E-state index in [-0.39, 0.29) is 22.9 Å². The van der Waals surface area contributed by atoms with Gasteiger partial charge in [-0.05, 0) is 25.5 Å². The molecule has 0 aliphatic heterocycles. The molecule has 0 unspecified atom stereocenters. The minimum absolute atomic E-state index is 0.00696.